The lowest BCUT2D eigenvalue weighted by Crippen LogP contribution is -2.60. The monoisotopic (exact) mass is 458 g/mol. The lowest BCUT2D eigenvalue weighted by Gasteiger charge is -2.43. The van der Waals surface area contributed by atoms with Crippen LogP contribution in [-0.4, -0.2) is 90.0 Å². The summed E-state index contributed by atoms with van der Waals surface area (Å²) in [6.07, 6.45) is -3.17. The molecule has 0 bridgehead atoms. The Balaban J connectivity index is 1.84. The molecule has 32 heavy (non-hydrogen) atoms. The van der Waals surface area contributed by atoms with Crippen LogP contribution < -0.4 is 0 Å². The van der Waals surface area contributed by atoms with Crippen LogP contribution in [0.5, 0.6) is 0 Å². The second-order valence-corrected chi connectivity index (χ2v) is 9.17. The number of fused-ring (bicyclic) bond motifs is 1. The molecule has 0 aromatic carbocycles. The number of hydrogen-bond acceptors (Lipinski definition) is 10. The largest absolute Gasteiger partial charge is 0.469 e. The summed E-state index contributed by atoms with van der Waals surface area (Å²) in [5.41, 5.74) is 0.107. The highest BCUT2D eigenvalue weighted by atomic mass is 16.7. The lowest BCUT2D eigenvalue weighted by molar-refractivity contribution is -0.318. The Labute approximate surface area is 187 Å². The van der Waals surface area contributed by atoms with E-state index in [0.717, 1.165) is 0 Å². The molecule has 3 aliphatic rings. The Morgan fingerprint density at radius 1 is 1.16 bits per heavy atom. The van der Waals surface area contributed by atoms with Crippen molar-refractivity contribution in [1.29, 1.82) is 0 Å². The van der Waals surface area contributed by atoms with Crippen molar-refractivity contribution in [2.45, 2.75) is 75.8 Å². The summed E-state index contributed by atoms with van der Waals surface area (Å²) < 4.78 is 21.5. The highest BCUT2D eigenvalue weighted by Gasteiger charge is 2.55. The van der Waals surface area contributed by atoms with E-state index >= 15 is 0 Å². The first-order chi connectivity index (χ1) is 15.2. The van der Waals surface area contributed by atoms with Gasteiger partial charge in [-0.15, -0.1) is 0 Å². The van der Waals surface area contributed by atoms with Gasteiger partial charge in [-0.25, -0.2) is 4.79 Å². The van der Waals surface area contributed by atoms with E-state index in [1.54, 1.807) is 0 Å². The van der Waals surface area contributed by atoms with Gasteiger partial charge in [0.25, 0.3) is 0 Å². The first-order valence-corrected chi connectivity index (χ1v) is 11.0. The molecule has 10 heteroatoms. The number of methoxy groups -OCH3 is 2. The van der Waals surface area contributed by atoms with Crippen LogP contribution in [0.25, 0.3) is 0 Å². The highest BCUT2D eigenvalue weighted by Crippen LogP contribution is 2.56. The average Bonchev–Trinajstić information content (AvgIpc) is 2.91. The molecule has 0 unspecified atom stereocenters. The summed E-state index contributed by atoms with van der Waals surface area (Å²) >= 11 is 0. The molecular weight excluding hydrogens is 424 g/mol. The van der Waals surface area contributed by atoms with E-state index in [4.69, 9.17) is 18.9 Å². The maximum absolute atomic E-state index is 12.1. The third-order valence-corrected chi connectivity index (χ3v) is 7.47. The standard InChI is InChI=1S/C22H34O10/c1-22-7-6-11(20(28)30-3)4-5-13(22)12(9-16(24)29-2)8-15(22)32-21-19(27)18(26)17(25)14(10-23)31-21/h4,12-15,17-19,21,23,25-27H,5-10H2,1-3H3/t12-,13+,14+,15+,17+,18-,19+,21+,22-/m1/s1. The summed E-state index contributed by atoms with van der Waals surface area (Å²) in [5, 5.41) is 40.0. The van der Waals surface area contributed by atoms with E-state index in [9.17, 15) is 30.0 Å². The zero-order valence-electron chi connectivity index (χ0n) is 18.7. The number of carbonyl (C=O) groups is 2. The van der Waals surface area contributed by atoms with Gasteiger partial charge in [0.05, 0.1) is 26.9 Å². The molecule has 0 amide bonds. The minimum absolute atomic E-state index is 0.00126. The van der Waals surface area contributed by atoms with Crippen LogP contribution in [0.1, 0.15) is 39.0 Å². The second-order valence-electron chi connectivity index (χ2n) is 9.17. The Morgan fingerprint density at radius 2 is 1.88 bits per heavy atom. The van der Waals surface area contributed by atoms with Crippen LogP contribution in [0.15, 0.2) is 11.6 Å². The molecular formula is C22H34O10. The summed E-state index contributed by atoms with van der Waals surface area (Å²) in [6, 6.07) is 0. The maximum atomic E-state index is 12.1. The van der Waals surface area contributed by atoms with Crippen molar-refractivity contribution in [3.05, 3.63) is 11.6 Å². The van der Waals surface area contributed by atoms with Gasteiger partial charge in [-0.05, 0) is 42.9 Å². The first-order valence-electron chi connectivity index (χ1n) is 11.0. The van der Waals surface area contributed by atoms with Gasteiger partial charge < -0.3 is 39.4 Å². The number of carbonyl (C=O) groups excluding carboxylic acids is 2. The number of aliphatic hydroxyl groups excluding tert-OH is 4. The number of aliphatic hydroxyl groups is 4. The van der Waals surface area contributed by atoms with E-state index in [1.165, 1.54) is 14.2 Å². The summed E-state index contributed by atoms with van der Waals surface area (Å²) in [6.45, 7) is 1.48. The van der Waals surface area contributed by atoms with Gasteiger partial charge in [-0.1, -0.05) is 13.0 Å². The van der Waals surface area contributed by atoms with Gasteiger partial charge in [-0.3, -0.25) is 4.79 Å². The molecule has 10 nitrogen and oxygen atoms in total. The van der Waals surface area contributed by atoms with Crippen LogP contribution in [0.4, 0.5) is 0 Å². The van der Waals surface area contributed by atoms with Gasteiger partial charge in [0.15, 0.2) is 6.29 Å². The lowest BCUT2D eigenvalue weighted by atomic mass is 9.72. The predicted molar refractivity (Wildman–Crippen MR) is 109 cm³/mol. The van der Waals surface area contributed by atoms with Crippen LogP contribution in [-0.2, 0) is 28.5 Å². The average molecular weight is 459 g/mol. The number of rotatable bonds is 6. The Kier molecular flexibility index (Phi) is 7.95. The Bertz CT molecular complexity index is 722. The summed E-state index contributed by atoms with van der Waals surface area (Å²) in [7, 11) is 2.67. The van der Waals surface area contributed by atoms with E-state index in [2.05, 4.69) is 0 Å². The van der Waals surface area contributed by atoms with Gasteiger partial charge >= 0.3 is 11.9 Å². The van der Waals surface area contributed by atoms with Crippen molar-refractivity contribution in [3.63, 3.8) is 0 Å². The number of allylic oxidation sites excluding steroid dienone is 1. The molecule has 0 aromatic heterocycles. The summed E-state index contributed by atoms with van der Waals surface area (Å²) in [5.74, 6) is -0.814. The molecule has 1 aliphatic heterocycles. The zero-order chi connectivity index (χ0) is 23.6. The van der Waals surface area contributed by atoms with Crippen LogP contribution >= 0.6 is 0 Å². The van der Waals surface area contributed by atoms with E-state index in [1.807, 2.05) is 13.0 Å². The minimum atomic E-state index is -1.54. The number of esters is 2. The van der Waals surface area contributed by atoms with Crippen molar-refractivity contribution < 1.29 is 49.0 Å². The molecule has 3 rings (SSSR count). The topological polar surface area (TPSA) is 152 Å². The Hall–Kier alpha value is -1.56. The van der Waals surface area contributed by atoms with E-state index in [0.29, 0.717) is 31.3 Å². The fourth-order valence-electron chi connectivity index (χ4n) is 5.46. The van der Waals surface area contributed by atoms with Crippen molar-refractivity contribution in [2.75, 3.05) is 20.8 Å². The van der Waals surface area contributed by atoms with E-state index < -0.39 is 48.8 Å². The molecule has 0 radical (unpaired) electrons. The quantitative estimate of drug-likeness (QED) is 0.389. The third kappa shape index (κ3) is 4.71. The van der Waals surface area contributed by atoms with Crippen LogP contribution in [0.3, 0.4) is 0 Å². The minimum Gasteiger partial charge on any atom is -0.469 e. The molecule has 1 saturated carbocycles. The van der Waals surface area contributed by atoms with Crippen molar-refractivity contribution in [3.8, 4) is 0 Å². The molecule has 9 atom stereocenters. The normalized spacial score (nSPS) is 41.9. The SMILES string of the molecule is COC(=O)C[C@H]1C[C@H](O[C@@H]2O[C@@H](CO)[C@H](O)[C@@H](O)[C@@H]2O)[C@]2(C)CCC(C(=O)OC)=CC[C@@H]12. The first kappa shape index (κ1) is 25.1. The molecule has 0 spiro atoms. The molecule has 2 fully saturated rings. The molecule has 182 valence electrons. The molecule has 1 heterocycles. The van der Waals surface area contributed by atoms with Gasteiger partial charge in [-0.2, -0.15) is 0 Å². The van der Waals surface area contributed by atoms with Crippen molar-refractivity contribution in [1.82, 2.24) is 0 Å². The zero-order valence-corrected chi connectivity index (χ0v) is 18.7. The number of ether oxygens (including phenoxy) is 4. The second kappa shape index (κ2) is 10.1. The molecule has 4 N–H and O–H groups in total. The van der Waals surface area contributed by atoms with Crippen LogP contribution in [0.2, 0.25) is 0 Å². The molecule has 1 saturated heterocycles. The molecule has 2 aliphatic carbocycles. The van der Waals surface area contributed by atoms with Crippen LogP contribution in [0, 0.1) is 17.3 Å². The number of hydrogen-bond donors (Lipinski definition) is 4. The van der Waals surface area contributed by atoms with Gasteiger partial charge in [0.2, 0.25) is 0 Å². The summed E-state index contributed by atoms with van der Waals surface area (Å²) in [4.78, 5) is 24.2. The third-order valence-electron chi connectivity index (χ3n) is 7.47. The highest BCUT2D eigenvalue weighted by molar-refractivity contribution is 5.88. The van der Waals surface area contributed by atoms with Crippen molar-refractivity contribution >= 4 is 11.9 Å². The van der Waals surface area contributed by atoms with Gasteiger partial charge in [0, 0.05) is 12.0 Å². The van der Waals surface area contributed by atoms with Gasteiger partial charge in [0.1, 0.15) is 24.4 Å². The maximum Gasteiger partial charge on any atom is 0.333 e. The van der Waals surface area contributed by atoms with Crippen molar-refractivity contribution in [2.24, 2.45) is 17.3 Å². The van der Waals surface area contributed by atoms with E-state index in [-0.39, 0.29) is 30.2 Å². The fraction of sp³-hybridized carbons (Fsp3) is 0.818. The predicted octanol–water partition coefficient (Wildman–Crippen LogP) is -0.340. The smallest absolute Gasteiger partial charge is 0.333 e. The fourth-order valence-corrected chi connectivity index (χ4v) is 5.46. The molecule has 0 aromatic rings. The Morgan fingerprint density at radius 3 is 2.50 bits per heavy atom.